The van der Waals surface area contributed by atoms with E-state index in [0.717, 1.165) is 62.7 Å². The monoisotopic (exact) mass is 348 g/mol. The SMILES string of the molecule is O=CCCCCn1cc(COCc2cn(CCCCC=O)nn2)nn1. The van der Waals surface area contributed by atoms with Crippen molar-refractivity contribution < 1.29 is 14.3 Å². The van der Waals surface area contributed by atoms with Crippen LogP contribution in [0.25, 0.3) is 0 Å². The first-order chi connectivity index (χ1) is 12.3. The van der Waals surface area contributed by atoms with Gasteiger partial charge in [-0.1, -0.05) is 10.4 Å². The zero-order valence-corrected chi connectivity index (χ0v) is 14.3. The predicted molar refractivity (Wildman–Crippen MR) is 88.4 cm³/mol. The number of hydrogen-bond acceptors (Lipinski definition) is 7. The van der Waals surface area contributed by atoms with Crippen molar-refractivity contribution in [3.63, 3.8) is 0 Å². The highest BCUT2D eigenvalue weighted by atomic mass is 16.5. The molecule has 0 fully saturated rings. The molecule has 2 heterocycles. The molecule has 25 heavy (non-hydrogen) atoms. The van der Waals surface area contributed by atoms with Crippen molar-refractivity contribution in [1.29, 1.82) is 0 Å². The first kappa shape index (κ1) is 18.9. The average Bonchev–Trinajstić information content (AvgIpc) is 3.25. The number of carbonyl (C=O) groups is 2. The number of aryl methyl sites for hydroxylation is 2. The minimum atomic E-state index is 0.362. The molecule has 2 aromatic heterocycles. The first-order valence-corrected chi connectivity index (χ1v) is 8.55. The summed E-state index contributed by atoms with van der Waals surface area (Å²) in [6, 6.07) is 0. The van der Waals surface area contributed by atoms with Gasteiger partial charge >= 0.3 is 0 Å². The van der Waals surface area contributed by atoms with Crippen molar-refractivity contribution in [2.75, 3.05) is 0 Å². The average molecular weight is 348 g/mol. The highest BCUT2D eigenvalue weighted by Gasteiger charge is 2.04. The third kappa shape index (κ3) is 7.34. The summed E-state index contributed by atoms with van der Waals surface area (Å²) >= 11 is 0. The van der Waals surface area contributed by atoms with E-state index in [1.54, 1.807) is 9.36 Å². The van der Waals surface area contributed by atoms with Crippen molar-refractivity contribution in [1.82, 2.24) is 30.0 Å². The Balaban J connectivity index is 1.63. The fourth-order valence-electron chi connectivity index (χ4n) is 2.29. The molecule has 0 radical (unpaired) electrons. The maximum atomic E-state index is 10.3. The summed E-state index contributed by atoms with van der Waals surface area (Å²) in [4.78, 5) is 20.5. The molecule has 0 bridgehead atoms. The standard InChI is InChI=1S/C16H24N6O3/c23-9-5-1-3-7-21-11-15(17-19-21)13-25-14-16-12-22(20-18-16)8-4-2-6-10-24/h9-12H,1-8,13-14H2. The van der Waals surface area contributed by atoms with Gasteiger partial charge in [0.1, 0.15) is 24.0 Å². The Morgan fingerprint density at radius 1 is 0.800 bits per heavy atom. The van der Waals surface area contributed by atoms with E-state index < -0.39 is 0 Å². The molecule has 0 aliphatic heterocycles. The predicted octanol–water partition coefficient (Wildman–Crippen LogP) is 1.32. The summed E-state index contributed by atoms with van der Waals surface area (Å²) in [5, 5.41) is 16.2. The van der Waals surface area contributed by atoms with Crippen LogP contribution in [0.15, 0.2) is 12.4 Å². The van der Waals surface area contributed by atoms with Gasteiger partial charge in [-0.3, -0.25) is 9.36 Å². The number of nitrogens with zero attached hydrogens (tertiary/aromatic N) is 6. The third-order valence-electron chi connectivity index (χ3n) is 3.59. The fourth-order valence-corrected chi connectivity index (χ4v) is 2.29. The second kappa shape index (κ2) is 11.2. The Hall–Kier alpha value is -2.42. The molecule has 0 amide bonds. The van der Waals surface area contributed by atoms with Crippen LogP contribution in [0.3, 0.4) is 0 Å². The van der Waals surface area contributed by atoms with Crippen LogP contribution in [-0.2, 0) is 40.6 Å². The lowest BCUT2D eigenvalue weighted by Crippen LogP contribution is -1.99. The van der Waals surface area contributed by atoms with Crippen molar-refractivity contribution in [3.05, 3.63) is 23.8 Å². The van der Waals surface area contributed by atoms with Crippen LogP contribution in [0.5, 0.6) is 0 Å². The summed E-state index contributed by atoms with van der Waals surface area (Å²) in [5.41, 5.74) is 1.52. The fraction of sp³-hybridized carbons (Fsp3) is 0.625. The molecule has 0 N–H and O–H groups in total. The topological polar surface area (TPSA) is 105 Å². The van der Waals surface area contributed by atoms with E-state index in [1.807, 2.05) is 12.4 Å². The zero-order chi connectivity index (χ0) is 17.7. The number of carbonyl (C=O) groups excluding carboxylic acids is 2. The quantitative estimate of drug-likeness (QED) is 0.374. The van der Waals surface area contributed by atoms with E-state index in [0.29, 0.717) is 26.1 Å². The Morgan fingerprint density at radius 2 is 1.28 bits per heavy atom. The van der Waals surface area contributed by atoms with Crippen LogP contribution >= 0.6 is 0 Å². The molecule has 0 aliphatic rings. The number of aromatic nitrogens is 6. The zero-order valence-electron chi connectivity index (χ0n) is 14.3. The largest absolute Gasteiger partial charge is 0.369 e. The van der Waals surface area contributed by atoms with Crippen molar-refractivity contribution >= 4 is 12.6 Å². The normalized spacial score (nSPS) is 10.9. The van der Waals surface area contributed by atoms with Gasteiger partial charge in [0.2, 0.25) is 0 Å². The van der Waals surface area contributed by atoms with Gasteiger partial charge in [0, 0.05) is 25.9 Å². The highest BCUT2D eigenvalue weighted by Crippen LogP contribution is 2.04. The van der Waals surface area contributed by atoms with E-state index in [-0.39, 0.29) is 0 Å². The van der Waals surface area contributed by atoms with Crippen molar-refractivity contribution in [3.8, 4) is 0 Å². The summed E-state index contributed by atoms with van der Waals surface area (Å²) < 4.78 is 9.12. The molecule has 0 saturated carbocycles. The van der Waals surface area contributed by atoms with E-state index in [4.69, 9.17) is 4.74 Å². The molecule has 2 aromatic rings. The number of aldehydes is 2. The van der Waals surface area contributed by atoms with Crippen LogP contribution in [0, 0.1) is 0 Å². The maximum Gasteiger partial charge on any atom is 0.119 e. The van der Waals surface area contributed by atoms with E-state index >= 15 is 0 Å². The molecular weight excluding hydrogens is 324 g/mol. The number of ether oxygens (including phenoxy) is 1. The van der Waals surface area contributed by atoms with Crippen molar-refractivity contribution in [2.24, 2.45) is 0 Å². The van der Waals surface area contributed by atoms with Gasteiger partial charge in [-0.2, -0.15) is 0 Å². The van der Waals surface area contributed by atoms with Crippen LogP contribution in [0.1, 0.15) is 49.9 Å². The van der Waals surface area contributed by atoms with E-state index in [9.17, 15) is 9.59 Å². The maximum absolute atomic E-state index is 10.3. The van der Waals surface area contributed by atoms with Crippen LogP contribution in [0.4, 0.5) is 0 Å². The first-order valence-electron chi connectivity index (χ1n) is 8.55. The second-order valence-electron chi connectivity index (χ2n) is 5.76. The smallest absolute Gasteiger partial charge is 0.119 e. The van der Waals surface area contributed by atoms with Crippen LogP contribution in [-0.4, -0.2) is 42.6 Å². The lowest BCUT2D eigenvalue weighted by Gasteiger charge is -1.99. The molecular formula is C16H24N6O3. The Morgan fingerprint density at radius 3 is 1.72 bits per heavy atom. The lowest BCUT2D eigenvalue weighted by molar-refractivity contribution is -0.108. The Kier molecular flexibility index (Phi) is 8.46. The van der Waals surface area contributed by atoms with Gasteiger partial charge < -0.3 is 14.3 Å². The number of rotatable bonds is 14. The van der Waals surface area contributed by atoms with Crippen molar-refractivity contribution in [2.45, 2.75) is 64.8 Å². The molecule has 136 valence electrons. The van der Waals surface area contributed by atoms with E-state index in [2.05, 4.69) is 20.6 Å². The molecule has 0 aromatic carbocycles. The number of unbranched alkanes of at least 4 members (excludes halogenated alkanes) is 4. The molecule has 2 rings (SSSR count). The van der Waals surface area contributed by atoms with Gasteiger partial charge in [0.05, 0.1) is 25.6 Å². The van der Waals surface area contributed by atoms with E-state index in [1.165, 1.54) is 0 Å². The van der Waals surface area contributed by atoms with Gasteiger partial charge in [0.15, 0.2) is 0 Å². The molecule has 9 heteroatoms. The number of hydrogen-bond donors (Lipinski definition) is 0. The Bertz CT molecular complexity index is 585. The minimum absolute atomic E-state index is 0.362. The summed E-state index contributed by atoms with van der Waals surface area (Å²) in [7, 11) is 0. The van der Waals surface area contributed by atoms with Crippen LogP contribution < -0.4 is 0 Å². The molecule has 0 aliphatic carbocycles. The molecule has 0 saturated heterocycles. The molecule has 0 spiro atoms. The van der Waals surface area contributed by atoms with Gasteiger partial charge in [-0.15, -0.1) is 10.2 Å². The van der Waals surface area contributed by atoms with Gasteiger partial charge in [-0.25, -0.2) is 0 Å². The van der Waals surface area contributed by atoms with Crippen LogP contribution in [0.2, 0.25) is 0 Å². The molecule has 0 unspecified atom stereocenters. The highest BCUT2D eigenvalue weighted by molar-refractivity contribution is 5.49. The third-order valence-corrected chi connectivity index (χ3v) is 3.59. The lowest BCUT2D eigenvalue weighted by atomic mass is 10.2. The van der Waals surface area contributed by atoms with Gasteiger partial charge in [-0.05, 0) is 25.7 Å². The summed E-state index contributed by atoms with van der Waals surface area (Å²) in [6.07, 6.45) is 10.3. The minimum Gasteiger partial charge on any atom is -0.369 e. The molecule has 0 atom stereocenters. The summed E-state index contributed by atoms with van der Waals surface area (Å²) in [6.45, 7) is 2.22. The second-order valence-corrected chi connectivity index (χ2v) is 5.76. The van der Waals surface area contributed by atoms with Gasteiger partial charge in [0.25, 0.3) is 0 Å². The Labute approximate surface area is 146 Å². The molecule has 9 nitrogen and oxygen atoms in total. The summed E-state index contributed by atoms with van der Waals surface area (Å²) in [5.74, 6) is 0.